The lowest BCUT2D eigenvalue weighted by Gasteiger charge is -2.33. The maximum atomic E-state index is 13.3. The molecule has 2 fully saturated rings. The maximum absolute atomic E-state index is 13.3. The minimum absolute atomic E-state index is 0.00178. The van der Waals surface area contributed by atoms with Gasteiger partial charge in [0.15, 0.2) is 14.9 Å². The van der Waals surface area contributed by atoms with Gasteiger partial charge in [-0.1, -0.05) is 11.6 Å². The first-order chi connectivity index (χ1) is 11.8. The smallest absolute Gasteiger partial charge is 0.173 e. The largest absolute Gasteiger partial charge is 0.376 e. The van der Waals surface area contributed by atoms with Gasteiger partial charge in [0, 0.05) is 24.9 Å². The molecule has 0 saturated carbocycles. The number of nitrogens with zero attached hydrogens (tertiary/aromatic N) is 1. The Morgan fingerprint density at radius 1 is 1.44 bits per heavy atom. The maximum Gasteiger partial charge on any atom is 0.173 e. The van der Waals surface area contributed by atoms with Crippen LogP contribution >= 0.6 is 23.8 Å². The van der Waals surface area contributed by atoms with Crippen LogP contribution in [0.4, 0.5) is 10.1 Å². The lowest BCUT2D eigenvalue weighted by atomic mass is 10.2. The molecule has 0 aliphatic carbocycles. The lowest BCUT2D eigenvalue weighted by Crippen LogP contribution is -2.47. The molecule has 2 saturated heterocycles. The summed E-state index contributed by atoms with van der Waals surface area (Å²) in [4.78, 5) is 1.90. The van der Waals surface area contributed by atoms with Crippen molar-refractivity contribution < 1.29 is 17.5 Å². The number of thiocarbonyl (C=S) groups is 1. The number of ether oxygens (including phenoxy) is 1. The summed E-state index contributed by atoms with van der Waals surface area (Å²) < 4.78 is 42.7. The summed E-state index contributed by atoms with van der Waals surface area (Å²) in [5.74, 6) is -0.243. The van der Waals surface area contributed by atoms with E-state index in [1.807, 2.05) is 4.90 Å². The van der Waals surface area contributed by atoms with Gasteiger partial charge in [0.05, 0.1) is 22.6 Å². The fraction of sp³-hybridized carbons (Fsp3) is 0.562. The Hall–Kier alpha value is -0.960. The number of halogens is 2. The van der Waals surface area contributed by atoms with Crippen molar-refractivity contribution in [2.45, 2.75) is 31.4 Å². The molecule has 1 aromatic rings. The Kier molecular flexibility index (Phi) is 5.82. The molecule has 2 heterocycles. The molecule has 1 N–H and O–H groups in total. The molecular weight excluding hydrogens is 387 g/mol. The first-order valence-electron chi connectivity index (χ1n) is 8.19. The molecule has 0 unspecified atom stereocenters. The molecule has 1 aromatic carbocycles. The molecule has 138 valence electrons. The van der Waals surface area contributed by atoms with Crippen LogP contribution in [0.25, 0.3) is 0 Å². The quantitative estimate of drug-likeness (QED) is 0.776. The Balaban J connectivity index is 1.74. The predicted octanol–water partition coefficient (Wildman–Crippen LogP) is 2.84. The molecule has 0 aromatic heterocycles. The Morgan fingerprint density at radius 3 is 2.84 bits per heavy atom. The molecule has 2 aliphatic heterocycles. The van der Waals surface area contributed by atoms with Crippen molar-refractivity contribution in [2.24, 2.45) is 0 Å². The summed E-state index contributed by atoms with van der Waals surface area (Å²) in [6, 6.07) is 4.09. The van der Waals surface area contributed by atoms with Gasteiger partial charge in [0.2, 0.25) is 0 Å². The number of hydrogen-bond acceptors (Lipinski definition) is 4. The highest BCUT2D eigenvalue weighted by molar-refractivity contribution is 7.91. The lowest BCUT2D eigenvalue weighted by molar-refractivity contribution is 0.0851. The monoisotopic (exact) mass is 406 g/mol. The standard InChI is InChI=1S/C16H20ClFN2O3S2/c17-14-8-11(3-4-15(14)18)19-16(24)20(9-13-2-1-6-23-13)12-5-7-25(21,22)10-12/h3-4,8,12-13H,1-2,5-7,9-10H2,(H,19,24)/t12-,13+/m0/s1. The van der Waals surface area contributed by atoms with Crippen molar-refractivity contribution in [3.8, 4) is 0 Å². The van der Waals surface area contributed by atoms with Gasteiger partial charge in [-0.15, -0.1) is 0 Å². The van der Waals surface area contributed by atoms with Gasteiger partial charge in [-0.05, 0) is 49.7 Å². The van der Waals surface area contributed by atoms with Crippen LogP contribution in [0.1, 0.15) is 19.3 Å². The van der Waals surface area contributed by atoms with E-state index in [0.29, 0.717) is 23.8 Å². The van der Waals surface area contributed by atoms with Gasteiger partial charge in [-0.3, -0.25) is 0 Å². The second kappa shape index (κ2) is 7.73. The minimum Gasteiger partial charge on any atom is -0.376 e. The van der Waals surface area contributed by atoms with Crippen molar-refractivity contribution in [1.82, 2.24) is 4.90 Å². The van der Waals surface area contributed by atoms with Gasteiger partial charge >= 0.3 is 0 Å². The zero-order chi connectivity index (χ0) is 18.0. The minimum atomic E-state index is -3.03. The molecule has 2 atom stereocenters. The fourth-order valence-corrected chi connectivity index (χ4v) is 5.45. The van der Waals surface area contributed by atoms with E-state index in [1.54, 1.807) is 6.07 Å². The van der Waals surface area contributed by atoms with Gasteiger partial charge in [-0.25, -0.2) is 12.8 Å². The van der Waals surface area contributed by atoms with Crippen molar-refractivity contribution >= 4 is 44.5 Å². The van der Waals surface area contributed by atoms with Gasteiger partial charge < -0.3 is 15.0 Å². The Labute approximate surface area is 157 Å². The van der Waals surface area contributed by atoms with Crippen LogP contribution in [0.3, 0.4) is 0 Å². The fourth-order valence-electron chi connectivity index (χ4n) is 3.20. The number of benzene rings is 1. The second-order valence-electron chi connectivity index (χ2n) is 6.40. The SMILES string of the molecule is O=S1(=O)CC[C@H](N(C[C@H]2CCCO2)C(=S)Nc2ccc(F)c(Cl)c2)C1. The first kappa shape index (κ1) is 18.8. The van der Waals surface area contributed by atoms with Gasteiger partial charge in [0.25, 0.3) is 0 Å². The van der Waals surface area contributed by atoms with Crippen LogP contribution in [-0.2, 0) is 14.6 Å². The number of anilines is 1. The van der Waals surface area contributed by atoms with Crippen molar-refractivity contribution in [2.75, 3.05) is 30.0 Å². The Bertz CT molecular complexity index is 754. The van der Waals surface area contributed by atoms with Crippen LogP contribution in [-0.4, -0.2) is 55.2 Å². The van der Waals surface area contributed by atoms with E-state index in [4.69, 9.17) is 28.6 Å². The molecule has 0 spiro atoms. The van der Waals surface area contributed by atoms with E-state index in [-0.39, 0.29) is 28.7 Å². The van der Waals surface area contributed by atoms with Crippen LogP contribution in [0.15, 0.2) is 18.2 Å². The number of sulfone groups is 1. The summed E-state index contributed by atoms with van der Waals surface area (Å²) in [5, 5.41) is 3.45. The average Bonchev–Trinajstić information content (AvgIpc) is 3.17. The zero-order valence-corrected chi connectivity index (χ0v) is 16.0. The third-order valence-electron chi connectivity index (χ3n) is 4.51. The summed E-state index contributed by atoms with van der Waals surface area (Å²) in [7, 11) is -3.03. The van der Waals surface area contributed by atoms with E-state index in [1.165, 1.54) is 12.1 Å². The van der Waals surface area contributed by atoms with Gasteiger partial charge in [0.1, 0.15) is 5.82 Å². The summed E-state index contributed by atoms with van der Waals surface area (Å²) in [6.07, 6.45) is 2.51. The topological polar surface area (TPSA) is 58.6 Å². The van der Waals surface area contributed by atoms with Crippen LogP contribution < -0.4 is 5.32 Å². The van der Waals surface area contributed by atoms with E-state index in [0.717, 1.165) is 19.4 Å². The third kappa shape index (κ3) is 4.81. The van der Waals surface area contributed by atoms with Gasteiger partial charge in [-0.2, -0.15) is 0 Å². The molecule has 2 aliphatic rings. The highest BCUT2D eigenvalue weighted by atomic mass is 35.5. The molecule has 0 radical (unpaired) electrons. The van der Waals surface area contributed by atoms with E-state index >= 15 is 0 Å². The molecule has 5 nitrogen and oxygen atoms in total. The molecular formula is C16H20ClFN2O3S2. The van der Waals surface area contributed by atoms with Crippen LogP contribution in [0.2, 0.25) is 5.02 Å². The number of nitrogens with one attached hydrogen (secondary N) is 1. The van der Waals surface area contributed by atoms with E-state index in [9.17, 15) is 12.8 Å². The molecule has 0 amide bonds. The van der Waals surface area contributed by atoms with E-state index < -0.39 is 15.7 Å². The summed E-state index contributed by atoms with van der Waals surface area (Å²) >= 11 is 11.3. The summed E-state index contributed by atoms with van der Waals surface area (Å²) in [6.45, 7) is 1.26. The van der Waals surface area contributed by atoms with Crippen LogP contribution in [0.5, 0.6) is 0 Å². The second-order valence-corrected chi connectivity index (χ2v) is 9.43. The summed E-state index contributed by atoms with van der Waals surface area (Å²) in [5.41, 5.74) is 0.564. The predicted molar refractivity (Wildman–Crippen MR) is 100 cm³/mol. The van der Waals surface area contributed by atoms with Crippen molar-refractivity contribution in [1.29, 1.82) is 0 Å². The first-order valence-corrected chi connectivity index (χ1v) is 10.8. The zero-order valence-electron chi connectivity index (χ0n) is 13.6. The molecule has 0 bridgehead atoms. The highest BCUT2D eigenvalue weighted by Crippen LogP contribution is 2.24. The molecule has 3 rings (SSSR count). The molecule has 9 heteroatoms. The third-order valence-corrected chi connectivity index (χ3v) is 6.88. The van der Waals surface area contributed by atoms with Crippen molar-refractivity contribution in [3.05, 3.63) is 29.0 Å². The molecule has 25 heavy (non-hydrogen) atoms. The van der Waals surface area contributed by atoms with Crippen LogP contribution in [0, 0.1) is 5.82 Å². The van der Waals surface area contributed by atoms with E-state index in [2.05, 4.69) is 5.32 Å². The average molecular weight is 407 g/mol. The van der Waals surface area contributed by atoms with Crippen molar-refractivity contribution in [3.63, 3.8) is 0 Å². The highest BCUT2D eigenvalue weighted by Gasteiger charge is 2.35. The number of hydrogen-bond donors (Lipinski definition) is 1. The normalized spacial score (nSPS) is 25.0. The Morgan fingerprint density at radius 2 is 2.24 bits per heavy atom. The number of rotatable bonds is 4.